The Kier molecular flexibility index (Phi) is 3.89. The molecule has 3 nitrogen and oxygen atoms in total. The van der Waals surface area contributed by atoms with Gasteiger partial charge in [0.25, 0.3) is 0 Å². The Hall–Kier alpha value is -1.52. The number of aryl methyl sites for hydroxylation is 1. The molecule has 92 valence electrons. The second-order valence-corrected chi connectivity index (χ2v) is 4.89. The number of rotatable bonds is 3. The number of hydrogen-bond acceptors (Lipinski definition) is 3. The van der Waals surface area contributed by atoms with Gasteiger partial charge in [0.05, 0.1) is 22.3 Å². The number of hydrogen-bond donors (Lipinski definition) is 1. The van der Waals surface area contributed by atoms with E-state index in [0.717, 1.165) is 17.0 Å². The van der Waals surface area contributed by atoms with Crippen molar-refractivity contribution in [3.05, 3.63) is 58.4 Å². The number of aromatic nitrogens is 2. The second-order valence-electron chi connectivity index (χ2n) is 3.99. The number of nitrogens with two attached hydrogens (primary N) is 1. The first-order valence-electron chi connectivity index (χ1n) is 5.43. The lowest BCUT2D eigenvalue weighted by Crippen LogP contribution is -2.21. The summed E-state index contributed by atoms with van der Waals surface area (Å²) >= 11 is 11.0. The maximum atomic E-state index is 5.87. The highest BCUT2D eigenvalue weighted by atomic mass is 35.5. The van der Waals surface area contributed by atoms with Crippen LogP contribution in [0, 0.1) is 6.92 Å². The molecule has 2 rings (SSSR count). The smallest absolute Gasteiger partial charge is 0.0864 e. The van der Waals surface area contributed by atoms with Gasteiger partial charge in [0, 0.05) is 5.02 Å². The van der Waals surface area contributed by atoms with Crippen molar-refractivity contribution in [2.75, 3.05) is 0 Å². The fourth-order valence-corrected chi connectivity index (χ4v) is 2.08. The van der Waals surface area contributed by atoms with E-state index in [0.29, 0.717) is 10.0 Å². The van der Waals surface area contributed by atoms with E-state index in [1.54, 1.807) is 0 Å². The third-order valence-electron chi connectivity index (χ3n) is 2.60. The van der Waals surface area contributed by atoms with Crippen LogP contribution in [0.4, 0.5) is 0 Å². The first-order chi connectivity index (χ1) is 8.58. The van der Waals surface area contributed by atoms with E-state index in [9.17, 15) is 0 Å². The minimum Gasteiger partial charge on any atom is -0.392 e. The number of thiocarbonyl (C=S) groups is 1. The molecule has 18 heavy (non-hydrogen) atoms. The van der Waals surface area contributed by atoms with Crippen molar-refractivity contribution in [3.63, 3.8) is 0 Å². The van der Waals surface area contributed by atoms with Gasteiger partial charge in [-0.3, -0.25) is 0 Å². The van der Waals surface area contributed by atoms with E-state index in [2.05, 4.69) is 10.2 Å². The Morgan fingerprint density at radius 3 is 2.33 bits per heavy atom. The average Bonchev–Trinajstić information content (AvgIpc) is 2.34. The number of nitrogens with zero attached hydrogens (tertiary/aromatic N) is 2. The van der Waals surface area contributed by atoms with Gasteiger partial charge in [0.15, 0.2) is 0 Å². The SMILES string of the molecule is Cc1ccc(C(C(N)=S)c2ccc(Cl)cc2)nn1. The van der Waals surface area contributed by atoms with Crippen molar-refractivity contribution >= 4 is 28.8 Å². The zero-order valence-corrected chi connectivity index (χ0v) is 11.4. The van der Waals surface area contributed by atoms with E-state index >= 15 is 0 Å². The van der Waals surface area contributed by atoms with Crippen LogP contribution in [0.1, 0.15) is 22.9 Å². The minimum atomic E-state index is -0.231. The molecule has 0 saturated heterocycles. The van der Waals surface area contributed by atoms with Crippen molar-refractivity contribution in [1.82, 2.24) is 10.2 Å². The van der Waals surface area contributed by atoms with E-state index in [4.69, 9.17) is 29.6 Å². The molecular formula is C13H12ClN3S. The Balaban J connectivity index is 2.43. The predicted octanol–water partition coefficient (Wildman–Crippen LogP) is 2.86. The first-order valence-corrected chi connectivity index (χ1v) is 6.21. The lowest BCUT2D eigenvalue weighted by atomic mass is 9.95. The lowest BCUT2D eigenvalue weighted by molar-refractivity contribution is 0.879. The molecule has 0 aliphatic carbocycles. The fourth-order valence-electron chi connectivity index (χ4n) is 1.70. The molecule has 1 heterocycles. The van der Waals surface area contributed by atoms with Gasteiger partial charge < -0.3 is 5.73 Å². The van der Waals surface area contributed by atoms with Crippen LogP contribution in [0.2, 0.25) is 5.02 Å². The van der Waals surface area contributed by atoms with Crippen LogP contribution >= 0.6 is 23.8 Å². The van der Waals surface area contributed by atoms with Crippen LogP contribution in [0.25, 0.3) is 0 Å². The molecule has 0 bridgehead atoms. The summed E-state index contributed by atoms with van der Waals surface area (Å²) < 4.78 is 0. The molecule has 0 spiro atoms. The summed E-state index contributed by atoms with van der Waals surface area (Å²) in [6.07, 6.45) is 0. The Bertz CT molecular complexity index is 506. The zero-order valence-electron chi connectivity index (χ0n) is 9.80. The normalized spacial score (nSPS) is 12.1. The van der Waals surface area contributed by atoms with Crippen molar-refractivity contribution < 1.29 is 0 Å². The molecule has 0 fully saturated rings. The molecule has 0 radical (unpaired) electrons. The highest BCUT2D eigenvalue weighted by molar-refractivity contribution is 7.80. The topological polar surface area (TPSA) is 51.8 Å². The summed E-state index contributed by atoms with van der Waals surface area (Å²) in [5, 5.41) is 8.86. The maximum Gasteiger partial charge on any atom is 0.0864 e. The van der Waals surface area contributed by atoms with Gasteiger partial charge in [-0.15, -0.1) is 0 Å². The molecule has 2 N–H and O–H groups in total. The van der Waals surface area contributed by atoms with Gasteiger partial charge in [-0.25, -0.2) is 0 Å². The van der Waals surface area contributed by atoms with Crippen molar-refractivity contribution in [3.8, 4) is 0 Å². The van der Waals surface area contributed by atoms with E-state index in [-0.39, 0.29) is 5.92 Å². The largest absolute Gasteiger partial charge is 0.392 e. The minimum absolute atomic E-state index is 0.231. The molecule has 0 amide bonds. The van der Waals surface area contributed by atoms with Gasteiger partial charge in [-0.1, -0.05) is 36.0 Å². The summed E-state index contributed by atoms with van der Waals surface area (Å²) in [6.45, 7) is 1.88. The third kappa shape index (κ3) is 2.83. The van der Waals surface area contributed by atoms with Crippen molar-refractivity contribution in [2.24, 2.45) is 5.73 Å². The molecule has 1 aromatic carbocycles. The van der Waals surface area contributed by atoms with Gasteiger partial charge in [0.1, 0.15) is 0 Å². The zero-order chi connectivity index (χ0) is 13.1. The first kappa shape index (κ1) is 12.9. The van der Waals surface area contributed by atoms with E-state index < -0.39 is 0 Å². The molecule has 0 aliphatic rings. The molecular weight excluding hydrogens is 266 g/mol. The van der Waals surface area contributed by atoms with Crippen LogP contribution < -0.4 is 5.73 Å². The van der Waals surface area contributed by atoms with Crippen LogP contribution in [-0.4, -0.2) is 15.2 Å². The van der Waals surface area contributed by atoms with E-state index in [1.807, 2.05) is 43.3 Å². The molecule has 5 heteroatoms. The Morgan fingerprint density at radius 2 is 1.83 bits per heavy atom. The van der Waals surface area contributed by atoms with Crippen LogP contribution in [0.3, 0.4) is 0 Å². The molecule has 0 aliphatic heterocycles. The highest BCUT2D eigenvalue weighted by Crippen LogP contribution is 2.24. The van der Waals surface area contributed by atoms with Gasteiger partial charge in [-0.2, -0.15) is 10.2 Å². The van der Waals surface area contributed by atoms with Crippen molar-refractivity contribution in [1.29, 1.82) is 0 Å². The van der Waals surface area contributed by atoms with Crippen molar-refractivity contribution in [2.45, 2.75) is 12.8 Å². The molecule has 1 unspecified atom stereocenters. The maximum absolute atomic E-state index is 5.87. The average molecular weight is 278 g/mol. The summed E-state index contributed by atoms with van der Waals surface area (Å²) in [5.41, 5.74) is 8.37. The standard InChI is InChI=1S/C13H12ClN3S/c1-8-2-7-11(17-16-8)12(13(15)18)9-3-5-10(14)6-4-9/h2-7,12H,1H3,(H2,15,18). The lowest BCUT2D eigenvalue weighted by Gasteiger charge is -2.15. The number of halogens is 1. The molecule has 1 atom stereocenters. The highest BCUT2D eigenvalue weighted by Gasteiger charge is 2.18. The summed E-state index contributed by atoms with van der Waals surface area (Å²) in [7, 11) is 0. The summed E-state index contributed by atoms with van der Waals surface area (Å²) in [4.78, 5) is 0.371. The van der Waals surface area contributed by atoms with Gasteiger partial charge in [0.2, 0.25) is 0 Å². The summed E-state index contributed by atoms with van der Waals surface area (Å²) in [5.74, 6) is -0.231. The quantitative estimate of drug-likeness (QED) is 0.877. The monoisotopic (exact) mass is 277 g/mol. The van der Waals surface area contributed by atoms with E-state index in [1.165, 1.54) is 0 Å². The van der Waals surface area contributed by atoms with Crippen LogP contribution in [-0.2, 0) is 0 Å². The Morgan fingerprint density at radius 1 is 1.17 bits per heavy atom. The third-order valence-corrected chi connectivity index (χ3v) is 3.09. The fraction of sp³-hybridized carbons (Fsp3) is 0.154. The molecule has 1 aromatic heterocycles. The predicted molar refractivity (Wildman–Crippen MR) is 76.8 cm³/mol. The molecule has 0 saturated carbocycles. The van der Waals surface area contributed by atoms with Gasteiger partial charge in [-0.05, 0) is 36.8 Å². The summed E-state index contributed by atoms with van der Waals surface area (Å²) in [6, 6.07) is 11.2. The van der Waals surface area contributed by atoms with Gasteiger partial charge >= 0.3 is 0 Å². The second kappa shape index (κ2) is 5.42. The van der Waals surface area contributed by atoms with Crippen LogP contribution in [0.5, 0.6) is 0 Å². The Labute approximate surface area is 116 Å². The van der Waals surface area contributed by atoms with Crippen LogP contribution in [0.15, 0.2) is 36.4 Å². The molecule has 2 aromatic rings. The number of benzene rings is 1.